The van der Waals surface area contributed by atoms with Crippen molar-refractivity contribution in [1.82, 2.24) is 0 Å². The number of anilines is 1. The fourth-order valence-electron chi connectivity index (χ4n) is 2.56. The fourth-order valence-corrected chi connectivity index (χ4v) is 3.89. The molecule has 4 nitrogen and oxygen atoms in total. The van der Waals surface area contributed by atoms with E-state index in [1.807, 2.05) is 17.4 Å². The van der Waals surface area contributed by atoms with Crippen LogP contribution < -0.4 is 4.90 Å². The molecule has 0 fully saturated rings. The van der Waals surface area contributed by atoms with E-state index in [0.29, 0.717) is 5.33 Å². The lowest BCUT2D eigenvalue weighted by molar-refractivity contribution is -0.384. The number of nitrogens with zero attached hydrogens (tertiary/aromatic N) is 2. The van der Waals surface area contributed by atoms with Gasteiger partial charge in [0.2, 0.25) is 0 Å². The summed E-state index contributed by atoms with van der Waals surface area (Å²) in [6, 6.07) is 7.29. The maximum Gasteiger partial charge on any atom is 0.269 e. The van der Waals surface area contributed by atoms with Gasteiger partial charge in [0.05, 0.1) is 4.92 Å². The van der Waals surface area contributed by atoms with Crippen LogP contribution in [0.1, 0.15) is 16.0 Å². The van der Waals surface area contributed by atoms with E-state index in [1.165, 1.54) is 10.4 Å². The molecule has 3 rings (SSSR count). The Labute approximate surface area is 129 Å². The summed E-state index contributed by atoms with van der Waals surface area (Å²) in [6.45, 7) is 1.85. The molecule has 0 unspecified atom stereocenters. The first-order valence-corrected chi connectivity index (χ1v) is 8.32. The molecule has 0 radical (unpaired) electrons. The molecule has 2 heterocycles. The molecule has 6 heteroatoms. The zero-order valence-electron chi connectivity index (χ0n) is 10.7. The predicted octanol–water partition coefficient (Wildman–Crippen LogP) is 4.11. The van der Waals surface area contributed by atoms with Crippen molar-refractivity contribution in [3.05, 3.63) is 55.8 Å². The summed E-state index contributed by atoms with van der Waals surface area (Å²) in [5.41, 5.74) is 3.58. The van der Waals surface area contributed by atoms with Crippen LogP contribution >= 0.6 is 27.3 Å². The van der Waals surface area contributed by atoms with Gasteiger partial charge in [-0.3, -0.25) is 10.1 Å². The van der Waals surface area contributed by atoms with Gasteiger partial charge in [0.1, 0.15) is 0 Å². The Morgan fingerprint density at radius 3 is 3.00 bits per heavy atom. The molecule has 0 bridgehead atoms. The van der Waals surface area contributed by atoms with Gasteiger partial charge in [0.15, 0.2) is 0 Å². The summed E-state index contributed by atoms with van der Waals surface area (Å²) < 4.78 is 0. The molecule has 0 saturated heterocycles. The molecule has 1 aromatic carbocycles. The molecule has 0 spiro atoms. The summed E-state index contributed by atoms with van der Waals surface area (Å²) in [7, 11) is 0. The van der Waals surface area contributed by atoms with Crippen molar-refractivity contribution in [3.63, 3.8) is 0 Å². The van der Waals surface area contributed by atoms with E-state index < -0.39 is 0 Å². The Balaban J connectivity index is 1.93. The summed E-state index contributed by atoms with van der Waals surface area (Å²) in [6.07, 6.45) is 1.05. The minimum atomic E-state index is -0.344. The Morgan fingerprint density at radius 1 is 1.40 bits per heavy atom. The molecule has 1 aromatic heterocycles. The Hall–Kier alpha value is -1.40. The zero-order valence-corrected chi connectivity index (χ0v) is 13.1. The van der Waals surface area contributed by atoms with Crippen LogP contribution in [-0.4, -0.2) is 11.5 Å². The molecule has 0 aliphatic carbocycles. The Bertz CT molecular complexity index is 656. The lowest BCUT2D eigenvalue weighted by atomic mass is 10.1. The van der Waals surface area contributed by atoms with Crippen LogP contribution in [0.2, 0.25) is 0 Å². The van der Waals surface area contributed by atoms with Crippen molar-refractivity contribution in [3.8, 4) is 0 Å². The minimum Gasteiger partial charge on any atom is -0.367 e. The lowest BCUT2D eigenvalue weighted by Gasteiger charge is -2.30. The maximum atomic E-state index is 10.9. The predicted molar refractivity (Wildman–Crippen MR) is 84.8 cm³/mol. The molecule has 104 valence electrons. The average Bonchev–Trinajstić information content (AvgIpc) is 2.93. The largest absolute Gasteiger partial charge is 0.367 e. The number of rotatable bonds is 3. The molecule has 0 amide bonds. The highest BCUT2D eigenvalue weighted by Gasteiger charge is 2.20. The first kappa shape index (κ1) is 13.6. The normalized spacial score (nSPS) is 14.2. The van der Waals surface area contributed by atoms with E-state index >= 15 is 0 Å². The number of fused-ring (bicyclic) bond motifs is 1. The smallest absolute Gasteiger partial charge is 0.269 e. The van der Waals surface area contributed by atoms with E-state index in [0.717, 1.165) is 30.8 Å². The first-order chi connectivity index (χ1) is 9.69. The quantitative estimate of drug-likeness (QED) is 0.474. The van der Waals surface area contributed by atoms with Gasteiger partial charge in [-0.2, -0.15) is 0 Å². The van der Waals surface area contributed by atoms with Crippen LogP contribution in [0.5, 0.6) is 0 Å². The average molecular weight is 353 g/mol. The number of benzene rings is 1. The van der Waals surface area contributed by atoms with Crippen LogP contribution in [0.4, 0.5) is 11.4 Å². The summed E-state index contributed by atoms with van der Waals surface area (Å²) in [4.78, 5) is 14.3. The van der Waals surface area contributed by atoms with Crippen molar-refractivity contribution in [2.45, 2.75) is 18.3 Å². The van der Waals surface area contributed by atoms with E-state index in [2.05, 4.69) is 32.3 Å². The van der Waals surface area contributed by atoms with Gasteiger partial charge in [-0.1, -0.05) is 15.9 Å². The minimum absolute atomic E-state index is 0.149. The number of non-ortho nitro benzene ring substituents is 1. The third-order valence-corrected chi connectivity index (χ3v) is 5.19. The number of hydrogen-bond acceptors (Lipinski definition) is 4. The number of nitro groups is 1. The van der Waals surface area contributed by atoms with Gasteiger partial charge in [-0.15, -0.1) is 11.3 Å². The highest BCUT2D eigenvalue weighted by molar-refractivity contribution is 9.08. The second-order valence-electron chi connectivity index (χ2n) is 4.74. The number of halogens is 1. The van der Waals surface area contributed by atoms with Gasteiger partial charge in [0, 0.05) is 41.1 Å². The van der Waals surface area contributed by atoms with E-state index in [-0.39, 0.29) is 10.6 Å². The molecule has 0 N–H and O–H groups in total. The number of nitro benzene ring substituents is 1. The van der Waals surface area contributed by atoms with Crippen LogP contribution in [-0.2, 0) is 18.3 Å². The van der Waals surface area contributed by atoms with Crippen LogP contribution in [0.15, 0.2) is 29.6 Å². The third kappa shape index (κ3) is 2.45. The highest BCUT2D eigenvalue weighted by Crippen LogP contribution is 2.32. The third-order valence-electron chi connectivity index (χ3n) is 3.57. The van der Waals surface area contributed by atoms with Crippen LogP contribution in [0.3, 0.4) is 0 Å². The second kappa shape index (κ2) is 5.54. The zero-order chi connectivity index (χ0) is 14.1. The second-order valence-corrected chi connectivity index (χ2v) is 6.31. The molecular formula is C14H13BrN2O2S. The molecular weight excluding hydrogens is 340 g/mol. The molecule has 1 aliphatic rings. The van der Waals surface area contributed by atoms with Gasteiger partial charge < -0.3 is 4.90 Å². The monoisotopic (exact) mass is 352 g/mol. The van der Waals surface area contributed by atoms with Crippen molar-refractivity contribution >= 4 is 38.6 Å². The SMILES string of the molecule is O=[N+]([O-])c1ccc(N2CCc3sccc3C2)c(CBr)c1. The first-order valence-electron chi connectivity index (χ1n) is 6.32. The Kier molecular flexibility index (Phi) is 3.76. The number of thiophene rings is 1. The topological polar surface area (TPSA) is 46.4 Å². The van der Waals surface area contributed by atoms with Crippen LogP contribution in [0.25, 0.3) is 0 Å². The number of hydrogen-bond donors (Lipinski definition) is 0. The standard InChI is InChI=1S/C14H13BrN2O2S/c15-8-11-7-12(17(18)19)1-2-13(11)16-5-3-14-10(9-16)4-6-20-14/h1-2,4,6-7H,3,5,8-9H2. The van der Waals surface area contributed by atoms with E-state index in [1.54, 1.807) is 12.1 Å². The summed E-state index contributed by atoms with van der Waals surface area (Å²) in [5, 5.41) is 13.6. The van der Waals surface area contributed by atoms with Gasteiger partial charge in [0.25, 0.3) is 5.69 Å². The van der Waals surface area contributed by atoms with Crippen molar-refractivity contribution in [1.29, 1.82) is 0 Å². The molecule has 0 atom stereocenters. The van der Waals surface area contributed by atoms with Gasteiger partial charge in [-0.25, -0.2) is 0 Å². The van der Waals surface area contributed by atoms with Crippen LogP contribution in [0, 0.1) is 10.1 Å². The van der Waals surface area contributed by atoms with E-state index in [4.69, 9.17) is 0 Å². The van der Waals surface area contributed by atoms with Crippen molar-refractivity contribution < 1.29 is 4.92 Å². The van der Waals surface area contributed by atoms with E-state index in [9.17, 15) is 10.1 Å². The lowest BCUT2D eigenvalue weighted by Crippen LogP contribution is -2.30. The van der Waals surface area contributed by atoms with Gasteiger partial charge in [-0.05, 0) is 35.1 Å². The summed E-state index contributed by atoms with van der Waals surface area (Å²) >= 11 is 5.25. The van der Waals surface area contributed by atoms with Crippen molar-refractivity contribution in [2.75, 3.05) is 11.4 Å². The van der Waals surface area contributed by atoms with Crippen molar-refractivity contribution in [2.24, 2.45) is 0 Å². The fraction of sp³-hybridized carbons (Fsp3) is 0.286. The highest BCUT2D eigenvalue weighted by atomic mass is 79.9. The molecule has 20 heavy (non-hydrogen) atoms. The van der Waals surface area contributed by atoms with Gasteiger partial charge >= 0.3 is 0 Å². The molecule has 1 aliphatic heterocycles. The Morgan fingerprint density at radius 2 is 2.25 bits per heavy atom. The molecule has 0 saturated carbocycles. The summed E-state index contributed by atoms with van der Waals surface area (Å²) in [5.74, 6) is 0. The maximum absolute atomic E-state index is 10.9. The molecule has 2 aromatic rings. The number of alkyl halides is 1.